The quantitative estimate of drug-likeness (QED) is 0.755. The van der Waals surface area contributed by atoms with Crippen molar-refractivity contribution in [2.24, 2.45) is 10.1 Å². The molecule has 0 unspecified atom stereocenters. The van der Waals surface area contributed by atoms with Crippen LogP contribution in [0.25, 0.3) is 0 Å². The van der Waals surface area contributed by atoms with Gasteiger partial charge in [0.1, 0.15) is 0 Å². The topological polar surface area (TPSA) is 36.8 Å². The van der Waals surface area contributed by atoms with Crippen molar-refractivity contribution < 1.29 is 0 Å². The molecule has 106 valence electrons. The Morgan fingerprint density at radius 3 is 2.43 bits per heavy atom. The summed E-state index contributed by atoms with van der Waals surface area (Å²) in [7, 11) is 0. The molecule has 1 N–H and O–H groups in total. The summed E-state index contributed by atoms with van der Waals surface area (Å²) >= 11 is 3.74. The number of halogens is 1. The Kier molecular flexibility index (Phi) is 4.54. The molecule has 3 nitrogen and oxygen atoms in total. The Morgan fingerprint density at radius 2 is 1.81 bits per heavy atom. The zero-order valence-corrected chi connectivity index (χ0v) is 14.8. The van der Waals surface area contributed by atoms with Crippen LogP contribution < -0.4 is 5.43 Å². The van der Waals surface area contributed by atoms with Gasteiger partial charge in [-0.2, -0.15) is 0 Å². The SMILES string of the molecule is Cc1ccc(N=C2NN=C(c3ccc(Br)cc3)C[Se]2)cc1. The number of hydrazone groups is 1. The molecule has 21 heavy (non-hydrogen) atoms. The number of benzene rings is 2. The second-order valence-electron chi connectivity index (χ2n) is 4.72. The van der Waals surface area contributed by atoms with Crippen LogP contribution in [0.5, 0.6) is 0 Å². The van der Waals surface area contributed by atoms with Crippen molar-refractivity contribution in [1.29, 1.82) is 0 Å². The summed E-state index contributed by atoms with van der Waals surface area (Å²) in [5.74, 6) is 0. The van der Waals surface area contributed by atoms with Crippen LogP contribution in [0.2, 0.25) is 5.32 Å². The maximum absolute atomic E-state index is 4.62. The van der Waals surface area contributed by atoms with Crippen molar-refractivity contribution in [2.45, 2.75) is 12.2 Å². The third-order valence-electron chi connectivity index (χ3n) is 3.07. The van der Waals surface area contributed by atoms with Crippen molar-refractivity contribution in [2.75, 3.05) is 0 Å². The first-order valence-electron chi connectivity index (χ1n) is 6.57. The molecular formula is C16H14BrN3Se. The van der Waals surface area contributed by atoms with Crippen molar-refractivity contribution in [1.82, 2.24) is 5.43 Å². The molecule has 0 amide bonds. The minimum atomic E-state index is 0.287. The molecule has 5 heteroatoms. The van der Waals surface area contributed by atoms with Gasteiger partial charge in [-0.05, 0) is 0 Å². The monoisotopic (exact) mass is 407 g/mol. The first-order chi connectivity index (χ1) is 10.2. The fourth-order valence-corrected chi connectivity index (χ4v) is 3.81. The van der Waals surface area contributed by atoms with Gasteiger partial charge in [0.25, 0.3) is 0 Å². The predicted molar refractivity (Wildman–Crippen MR) is 92.6 cm³/mol. The summed E-state index contributed by atoms with van der Waals surface area (Å²) in [5, 5.41) is 5.43. The van der Waals surface area contributed by atoms with Gasteiger partial charge in [-0.15, -0.1) is 0 Å². The van der Waals surface area contributed by atoms with Gasteiger partial charge in [0.2, 0.25) is 0 Å². The van der Waals surface area contributed by atoms with Gasteiger partial charge in [0.05, 0.1) is 0 Å². The fraction of sp³-hybridized carbons (Fsp3) is 0.125. The van der Waals surface area contributed by atoms with Gasteiger partial charge in [-0.3, -0.25) is 0 Å². The molecule has 2 aromatic carbocycles. The van der Waals surface area contributed by atoms with E-state index >= 15 is 0 Å². The van der Waals surface area contributed by atoms with E-state index in [1.807, 2.05) is 24.3 Å². The summed E-state index contributed by atoms with van der Waals surface area (Å²) in [6, 6.07) is 16.5. The van der Waals surface area contributed by atoms with Gasteiger partial charge in [-0.25, -0.2) is 0 Å². The Labute approximate surface area is 138 Å². The molecule has 0 aromatic heterocycles. The zero-order chi connectivity index (χ0) is 14.7. The van der Waals surface area contributed by atoms with E-state index in [0.717, 1.165) is 25.9 Å². The first kappa shape index (κ1) is 14.5. The fourth-order valence-electron chi connectivity index (χ4n) is 1.90. The van der Waals surface area contributed by atoms with E-state index in [9.17, 15) is 0 Å². The average Bonchev–Trinajstić information content (AvgIpc) is 2.51. The number of nitrogens with one attached hydrogen (secondary N) is 1. The van der Waals surface area contributed by atoms with Crippen molar-refractivity contribution >= 4 is 47.0 Å². The molecule has 3 rings (SSSR count). The number of rotatable bonds is 2. The molecule has 0 atom stereocenters. The van der Waals surface area contributed by atoms with Gasteiger partial charge in [0, 0.05) is 0 Å². The molecule has 0 aliphatic carbocycles. The second kappa shape index (κ2) is 6.56. The number of nitrogens with zero attached hydrogens (tertiary/aromatic N) is 2. The second-order valence-corrected chi connectivity index (χ2v) is 7.66. The van der Waals surface area contributed by atoms with Crippen LogP contribution in [0.4, 0.5) is 5.69 Å². The number of aryl methyl sites for hydroxylation is 1. The van der Waals surface area contributed by atoms with Crippen LogP contribution in [-0.2, 0) is 0 Å². The molecule has 0 bridgehead atoms. The van der Waals surface area contributed by atoms with Gasteiger partial charge >= 0.3 is 139 Å². The van der Waals surface area contributed by atoms with Crippen LogP contribution in [0.1, 0.15) is 11.1 Å². The van der Waals surface area contributed by atoms with Crippen molar-refractivity contribution in [3.63, 3.8) is 0 Å². The molecule has 0 radical (unpaired) electrons. The summed E-state index contributed by atoms with van der Waals surface area (Å²) < 4.78 is 2.06. The molecule has 0 saturated heterocycles. The summed E-state index contributed by atoms with van der Waals surface area (Å²) in [4.78, 5) is 4.62. The average molecular weight is 407 g/mol. The Morgan fingerprint density at radius 1 is 1.10 bits per heavy atom. The molecule has 2 aromatic rings. The minimum absolute atomic E-state index is 0.287. The molecule has 0 fully saturated rings. The molecular weight excluding hydrogens is 393 g/mol. The molecule has 1 aliphatic rings. The van der Waals surface area contributed by atoms with E-state index < -0.39 is 0 Å². The Hall–Kier alpha value is -1.42. The number of amidine groups is 1. The number of hydrogen-bond donors (Lipinski definition) is 1. The maximum atomic E-state index is 4.62. The van der Waals surface area contributed by atoms with E-state index in [1.54, 1.807) is 0 Å². The van der Waals surface area contributed by atoms with E-state index in [4.69, 9.17) is 0 Å². The summed E-state index contributed by atoms with van der Waals surface area (Å²) in [5.41, 5.74) is 7.60. The number of aliphatic imine (C=N–C) groups is 1. The third kappa shape index (κ3) is 3.82. The molecule has 1 aliphatic heterocycles. The zero-order valence-electron chi connectivity index (χ0n) is 11.5. The van der Waals surface area contributed by atoms with Gasteiger partial charge < -0.3 is 0 Å². The van der Waals surface area contributed by atoms with Crippen LogP contribution in [0.15, 0.2) is 63.1 Å². The predicted octanol–water partition coefficient (Wildman–Crippen LogP) is 3.88. The molecule has 0 spiro atoms. The van der Waals surface area contributed by atoms with E-state index in [1.165, 1.54) is 11.1 Å². The van der Waals surface area contributed by atoms with Crippen LogP contribution in [0.3, 0.4) is 0 Å². The van der Waals surface area contributed by atoms with E-state index in [0.29, 0.717) is 0 Å². The van der Waals surface area contributed by atoms with Gasteiger partial charge in [-0.1, -0.05) is 0 Å². The summed E-state index contributed by atoms with van der Waals surface area (Å²) in [6.07, 6.45) is 0. The van der Waals surface area contributed by atoms with Crippen molar-refractivity contribution in [3.8, 4) is 0 Å². The third-order valence-corrected chi connectivity index (χ3v) is 5.44. The molecule has 0 saturated carbocycles. The Balaban J connectivity index is 1.74. The summed E-state index contributed by atoms with van der Waals surface area (Å²) in [6.45, 7) is 2.08. The first-order valence-corrected chi connectivity index (χ1v) is 9.43. The standard InChI is InChI=1S/C16H14BrN3Se/c1-11-2-8-14(9-3-11)18-16-20-19-15(10-21-16)12-4-6-13(17)7-5-12/h2-9H,10H2,1H3,(H,18,20). The molecule has 1 heterocycles. The van der Waals surface area contributed by atoms with Crippen LogP contribution >= 0.6 is 15.9 Å². The normalized spacial score (nSPS) is 16.5. The van der Waals surface area contributed by atoms with Gasteiger partial charge in [0.15, 0.2) is 0 Å². The Bertz CT molecular complexity index is 690. The van der Waals surface area contributed by atoms with Crippen molar-refractivity contribution in [3.05, 3.63) is 64.1 Å². The van der Waals surface area contributed by atoms with E-state index in [-0.39, 0.29) is 15.0 Å². The van der Waals surface area contributed by atoms with E-state index in [2.05, 4.69) is 62.6 Å². The van der Waals surface area contributed by atoms with Crippen LogP contribution in [0, 0.1) is 6.92 Å². The van der Waals surface area contributed by atoms with Crippen LogP contribution in [-0.4, -0.2) is 25.4 Å². The number of hydrogen-bond acceptors (Lipinski definition) is 2.